The van der Waals surface area contributed by atoms with E-state index in [-0.39, 0.29) is 17.4 Å². The second-order valence-corrected chi connectivity index (χ2v) is 7.60. The van der Waals surface area contributed by atoms with E-state index in [2.05, 4.69) is 15.5 Å². The highest BCUT2D eigenvalue weighted by molar-refractivity contribution is 7.99. The van der Waals surface area contributed by atoms with Crippen LogP contribution in [0.5, 0.6) is 5.75 Å². The zero-order chi connectivity index (χ0) is 22.2. The molecule has 0 fully saturated rings. The second-order valence-electron chi connectivity index (χ2n) is 6.65. The van der Waals surface area contributed by atoms with E-state index in [0.717, 1.165) is 11.3 Å². The Bertz CT molecular complexity index is 1050. The van der Waals surface area contributed by atoms with E-state index in [9.17, 15) is 9.59 Å². The van der Waals surface area contributed by atoms with E-state index in [1.807, 2.05) is 28.8 Å². The van der Waals surface area contributed by atoms with Crippen LogP contribution in [-0.4, -0.2) is 53.0 Å². The molecule has 2 aromatic carbocycles. The van der Waals surface area contributed by atoms with Crippen molar-refractivity contribution in [2.75, 3.05) is 31.9 Å². The number of thioether (sulfide) groups is 1. The van der Waals surface area contributed by atoms with Crippen LogP contribution in [0.4, 0.5) is 5.69 Å². The third-order valence-corrected chi connectivity index (χ3v) is 5.44. The highest BCUT2D eigenvalue weighted by Crippen LogP contribution is 2.26. The maximum absolute atomic E-state index is 12.4. The summed E-state index contributed by atoms with van der Waals surface area (Å²) in [6, 6.07) is 14.4. The first-order valence-electron chi connectivity index (χ1n) is 9.62. The van der Waals surface area contributed by atoms with Gasteiger partial charge in [-0.3, -0.25) is 14.2 Å². The van der Waals surface area contributed by atoms with Gasteiger partial charge in [-0.25, -0.2) is 0 Å². The third-order valence-electron chi connectivity index (χ3n) is 4.47. The van der Waals surface area contributed by atoms with Crippen molar-refractivity contribution in [3.05, 3.63) is 54.1 Å². The van der Waals surface area contributed by atoms with Crippen molar-refractivity contribution >= 4 is 29.1 Å². The number of rotatable bonds is 10. The van der Waals surface area contributed by atoms with Crippen molar-refractivity contribution in [2.24, 2.45) is 0 Å². The minimum Gasteiger partial charge on any atom is -0.497 e. The van der Waals surface area contributed by atoms with Crippen molar-refractivity contribution in [1.82, 2.24) is 14.8 Å². The molecule has 0 bridgehead atoms. The molecule has 1 heterocycles. The van der Waals surface area contributed by atoms with Gasteiger partial charge in [0.1, 0.15) is 5.75 Å². The van der Waals surface area contributed by atoms with Crippen LogP contribution in [0.1, 0.15) is 17.3 Å². The normalized spacial score (nSPS) is 10.7. The highest BCUT2D eigenvalue weighted by atomic mass is 32.2. The number of carbonyl (C=O) groups is 2. The van der Waals surface area contributed by atoms with Crippen LogP contribution in [-0.2, 0) is 16.1 Å². The van der Waals surface area contributed by atoms with Crippen LogP contribution in [0, 0.1) is 0 Å². The van der Waals surface area contributed by atoms with E-state index in [1.54, 1.807) is 38.5 Å². The van der Waals surface area contributed by atoms with Crippen molar-refractivity contribution in [3.63, 3.8) is 0 Å². The number of methoxy groups -OCH3 is 2. The minimum absolute atomic E-state index is 0.0530. The number of ketones is 1. The average Bonchev–Trinajstić information content (AvgIpc) is 3.19. The first-order valence-corrected chi connectivity index (χ1v) is 10.6. The first kappa shape index (κ1) is 22.5. The number of amides is 1. The summed E-state index contributed by atoms with van der Waals surface area (Å²) in [6.45, 7) is 2.53. The van der Waals surface area contributed by atoms with Gasteiger partial charge in [-0.15, -0.1) is 10.2 Å². The summed E-state index contributed by atoms with van der Waals surface area (Å²) in [6.07, 6.45) is 0. The lowest BCUT2D eigenvalue weighted by molar-refractivity contribution is -0.113. The molecule has 0 radical (unpaired) electrons. The van der Waals surface area contributed by atoms with Crippen molar-refractivity contribution in [1.29, 1.82) is 0 Å². The zero-order valence-electron chi connectivity index (χ0n) is 17.6. The summed E-state index contributed by atoms with van der Waals surface area (Å²) >= 11 is 1.29. The fraction of sp³-hybridized carbons (Fsp3) is 0.273. The Kier molecular flexibility index (Phi) is 7.80. The molecule has 9 heteroatoms. The first-order chi connectivity index (χ1) is 15.0. The zero-order valence-corrected chi connectivity index (χ0v) is 18.4. The fourth-order valence-electron chi connectivity index (χ4n) is 2.88. The van der Waals surface area contributed by atoms with Crippen LogP contribution in [0.25, 0.3) is 11.4 Å². The quantitative estimate of drug-likeness (QED) is 0.381. The lowest BCUT2D eigenvalue weighted by atomic mass is 10.1. The van der Waals surface area contributed by atoms with Crippen LogP contribution in [0.2, 0.25) is 0 Å². The van der Waals surface area contributed by atoms with E-state index in [1.165, 1.54) is 18.7 Å². The Morgan fingerprint density at radius 2 is 1.87 bits per heavy atom. The van der Waals surface area contributed by atoms with Crippen molar-refractivity contribution in [2.45, 2.75) is 18.6 Å². The molecule has 162 valence electrons. The molecule has 3 rings (SSSR count). The molecule has 0 aliphatic rings. The van der Waals surface area contributed by atoms with Gasteiger partial charge in [0.25, 0.3) is 0 Å². The lowest BCUT2D eigenvalue weighted by Gasteiger charge is -2.10. The Morgan fingerprint density at radius 3 is 2.55 bits per heavy atom. The number of aromatic nitrogens is 3. The van der Waals surface area contributed by atoms with Gasteiger partial charge < -0.3 is 14.8 Å². The van der Waals surface area contributed by atoms with E-state index in [0.29, 0.717) is 35.4 Å². The molecule has 1 aromatic heterocycles. The SMILES string of the molecule is COCCn1c(SCC(=O)Nc2cccc(C(C)=O)c2)nnc1-c1ccc(OC)cc1. The predicted molar refractivity (Wildman–Crippen MR) is 120 cm³/mol. The number of benzene rings is 2. The molecule has 0 unspecified atom stereocenters. The van der Waals surface area contributed by atoms with Gasteiger partial charge >= 0.3 is 0 Å². The number of ether oxygens (including phenoxy) is 2. The van der Waals surface area contributed by atoms with E-state index in [4.69, 9.17) is 9.47 Å². The van der Waals surface area contributed by atoms with E-state index >= 15 is 0 Å². The molecule has 0 saturated heterocycles. The molecule has 0 saturated carbocycles. The lowest BCUT2D eigenvalue weighted by Crippen LogP contribution is -2.15. The molecular weight excluding hydrogens is 416 g/mol. The number of anilines is 1. The Hall–Kier alpha value is -3.17. The number of hydrogen-bond acceptors (Lipinski definition) is 7. The maximum Gasteiger partial charge on any atom is 0.234 e. The van der Waals surface area contributed by atoms with Gasteiger partial charge in [-0.2, -0.15) is 0 Å². The van der Waals surface area contributed by atoms with Gasteiger partial charge in [0.05, 0.1) is 26.0 Å². The van der Waals surface area contributed by atoms with Gasteiger partial charge in [-0.1, -0.05) is 23.9 Å². The molecule has 0 spiro atoms. The third kappa shape index (κ3) is 5.93. The summed E-state index contributed by atoms with van der Waals surface area (Å²) in [7, 11) is 3.25. The van der Waals surface area contributed by atoms with Gasteiger partial charge in [-0.05, 0) is 43.3 Å². The molecule has 8 nitrogen and oxygen atoms in total. The van der Waals surface area contributed by atoms with E-state index < -0.39 is 0 Å². The second kappa shape index (κ2) is 10.7. The van der Waals surface area contributed by atoms with Gasteiger partial charge in [0.15, 0.2) is 16.8 Å². The largest absolute Gasteiger partial charge is 0.497 e. The van der Waals surface area contributed by atoms with Crippen molar-refractivity contribution in [3.8, 4) is 17.1 Å². The van der Waals surface area contributed by atoms with Crippen LogP contribution in [0.3, 0.4) is 0 Å². The Balaban J connectivity index is 1.71. The molecule has 0 aliphatic carbocycles. The highest BCUT2D eigenvalue weighted by Gasteiger charge is 2.16. The Labute approximate surface area is 185 Å². The Morgan fingerprint density at radius 1 is 1.10 bits per heavy atom. The number of nitrogens with zero attached hydrogens (tertiary/aromatic N) is 3. The number of hydrogen-bond donors (Lipinski definition) is 1. The topological polar surface area (TPSA) is 95.3 Å². The molecule has 0 atom stereocenters. The number of carbonyl (C=O) groups excluding carboxylic acids is 2. The average molecular weight is 441 g/mol. The standard InChI is InChI=1S/C22H24N4O4S/c1-15(27)17-5-4-6-18(13-17)23-20(28)14-31-22-25-24-21(26(22)11-12-29-2)16-7-9-19(30-3)10-8-16/h4-10,13H,11-12,14H2,1-3H3,(H,23,28). The van der Waals surface area contributed by atoms with Crippen LogP contribution in [0.15, 0.2) is 53.7 Å². The molecule has 1 N–H and O–H groups in total. The number of nitrogens with one attached hydrogen (secondary N) is 1. The predicted octanol–water partition coefficient (Wildman–Crippen LogP) is 3.53. The maximum atomic E-state index is 12.4. The summed E-state index contributed by atoms with van der Waals surface area (Å²) in [4.78, 5) is 23.9. The summed E-state index contributed by atoms with van der Waals surface area (Å²) in [5.74, 6) is 1.35. The van der Waals surface area contributed by atoms with Crippen molar-refractivity contribution < 1.29 is 19.1 Å². The van der Waals surface area contributed by atoms with Gasteiger partial charge in [0.2, 0.25) is 5.91 Å². The molecule has 31 heavy (non-hydrogen) atoms. The summed E-state index contributed by atoms with van der Waals surface area (Å²) < 4.78 is 12.4. The number of Topliss-reactive ketones (excluding diaryl/α,β-unsaturated/α-hetero) is 1. The van der Waals surface area contributed by atoms with Crippen LogP contribution >= 0.6 is 11.8 Å². The van der Waals surface area contributed by atoms with Crippen LogP contribution < -0.4 is 10.1 Å². The smallest absolute Gasteiger partial charge is 0.234 e. The molecular formula is C22H24N4O4S. The summed E-state index contributed by atoms with van der Waals surface area (Å²) in [5.41, 5.74) is 2.02. The van der Waals surface area contributed by atoms with Gasteiger partial charge in [0, 0.05) is 23.9 Å². The minimum atomic E-state index is -0.196. The molecule has 1 amide bonds. The fourth-order valence-corrected chi connectivity index (χ4v) is 3.64. The summed E-state index contributed by atoms with van der Waals surface area (Å²) in [5, 5.41) is 12.0. The monoisotopic (exact) mass is 440 g/mol. The molecule has 3 aromatic rings. The molecule has 0 aliphatic heterocycles.